The van der Waals surface area contributed by atoms with E-state index < -0.39 is 5.97 Å². The molecule has 0 spiro atoms. The van der Waals surface area contributed by atoms with Crippen molar-refractivity contribution in [2.45, 2.75) is 6.92 Å². The lowest BCUT2D eigenvalue weighted by atomic mass is 10.0. The molecule has 2 rings (SSSR count). The molecule has 1 aromatic carbocycles. The van der Waals surface area contributed by atoms with Gasteiger partial charge in [0.1, 0.15) is 17.0 Å². The number of carboxylic acids is 1. The van der Waals surface area contributed by atoms with Gasteiger partial charge in [-0.05, 0) is 19.1 Å². The largest absolute Gasteiger partial charge is 0.496 e. The number of carboxylic acid groups (broad SMARTS) is 1. The molecule has 0 radical (unpaired) electrons. The number of H-pyrrole nitrogens is 1. The number of methoxy groups -OCH3 is 1. The summed E-state index contributed by atoms with van der Waals surface area (Å²) in [6.07, 6.45) is 0. The van der Waals surface area contributed by atoms with E-state index in [2.05, 4.69) is 10.2 Å². The van der Waals surface area contributed by atoms with Gasteiger partial charge in [0.25, 0.3) is 0 Å². The molecular formula is C12H13N3O3. The van der Waals surface area contributed by atoms with Gasteiger partial charge in [0.05, 0.1) is 7.11 Å². The zero-order valence-corrected chi connectivity index (χ0v) is 10.0. The molecule has 18 heavy (non-hydrogen) atoms. The van der Waals surface area contributed by atoms with Crippen LogP contribution in [0.1, 0.15) is 16.1 Å². The van der Waals surface area contributed by atoms with Crippen LogP contribution in [-0.4, -0.2) is 28.4 Å². The number of nitrogen functional groups attached to an aromatic ring is 1. The third-order valence-corrected chi connectivity index (χ3v) is 2.64. The second kappa shape index (κ2) is 4.40. The van der Waals surface area contributed by atoms with E-state index in [1.165, 1.54) is 7.11 Å². The Balaban J connectivity index is 2.66. The van der Waals surface area contributed by atoms with Crippen LogP contribution in [0, 0.1) is 6.92 Å². The Bertz CT molecular complexity index is 605. The van der Waals surface area contributed by atoms with Gasteiger partial charge in [-0.15, -0.1) is 0 Å². The average Bonchev–Trinajstić information content (AvgIpc) is 2.70. The van der Waals surface area contributed by atoms with Gasteiger partial charge < -0.3 is 15.6 Å². The minimum Gasteiger partial charge on any atom is -0.496 e. The van der Waals surface area contributed by atoms with Gasteiger partial charge >= 0.3 is 5.97 Å². The molecular weight excluding hydrogens is 234 g/mol. The van der Waals surface area contributed by atoms with Crippen molar-refractivity contribution >= 4 is 11.7 Å². The van der Waals surface area contributed by atoms with Crippen LogP contribution in [-0.2, 0) is 0 Å². The molecule has 0 saturated heterocycles. The minimum atomic E-state index is -1.03. The first-order valence-corrected chi connectivity index (χ1v) is 5.26. The van der Waals surface area contributed by atoms with Crippen molar-refractivity contribution in [3.63, 3.8) is 0 Å². The van der Waals surface area contributed by atoms with Crippen molar-refractivity contribution in [1.29, 1.82) is 0 Å². The van der Waals surface area contributed by atoms with Crippen molar-refractivity contribution < 1.29 is 14.6 Å². The number of hydrogen-bond acceptors (Lipinski definition) is 4. The lowest BCUT2D eigenvalue weighted by Gasteiger charge is -2.08. The molecule has 0 aliphatic heterocycles. The van der Waals surface area contributed by atoms with Crippen molar-refractivity contribution in [1.82, 2.24) is 10.2 Å². The number of anilines is 1. The van der Waals surface area contributed by atoms with Crippen molar-refractivity contribution in [3.8, 4) is 17.0 Å². The summed E-state index contributed by atoms with van der Waals surface area (Å²) < 4.78 is 5.20. The summed E-state index contributed by atoms with van der Waals surface area (Å²) in [6, 6.07) is 4.99. The first-order chi connectivity index (χ1) is 8.54. The van der Waals surface area contributed by atoms with E-state index >= 15 is 0 Å². The lowest BCUT2D eigenvalue weighted by molar-refractivity contribution is 0.0697. The number of hydrogen-bond donors (Lipinski definition) is 3. The molecule has 0 unspecified atom stereocenters. The first-order valence-electron chi connectivity index (χ1n) is 5.26. The van der Waals surface area contributed by atoms with E-state index in [1.807, 2.05) is 0 Å². The normalized spacial score (nSPS) is 10.3. The maximum Gasteiger partial charge on any atom is 0.339 e. The number of aromatic nitrogens is 2. The Morgan fingerprint density at radius 3 is 2.83 bits per heavy atom. The van der Waals surface area contributed by atoms with E-state index in [0.717, 1.165) is 0 Å². The Labute approximate surface area is 103 Å². The van der Waals surface area contributed by atoms with Gasteiger partial charge in [-0.25, -0.2) is 4.79 Å². The van der Waals surface area contributed by atoms with Crippen LogP contribution >= 0.6 is 0 Å². The van der Waals surface area contributed by atoms with Crippen LogP contribution in [0.3, 0.4) is 0 Å². The van der Waals surface area contributed by atoms with Gasteiger partial charge in [0.2, 0.25) is 0 Å². The van der Waals surface area contributed by atoms with Gasteiger partial charge in [0.15, 0.2) is 0 Å². The Hall–Kier alpha value is -2.50. The summed E-state index contributed by atoms with van der Waals surface area (Å²) in [5, 5.41) is 15.9. The molecule has 0 bridgehead atoms. The highest BCUT2D eigenvalue weighted by atomic mass is 16.5. The number of rotatable bonds is 3. The predicted molar refractivity (Wildman–Crippen MR) is 66.7 cm³/mol. The van der Waals surface area contributed by atoms with Crippen molar-refractivity contribution in [2.24, 2.45) is 0 Å². The van der Waals surface area contributed by atoms with Crippen LogP contribution in [0.15, 0.2) is 18.2 Å². The summed E-state index contributed by atoms with van der Waals surface area (Å²) in [6.45, 7) is 1.66. The highest BCUT2D eigenvalue weighted by molar-refractivity contribution is 5.97. The van der Waals surface area contributed by atoms with Crippen LogP contribution < -0.4 is 10.5 Å². The Kier molecular flexibility index (Phi) is 2.93. The molecule has 1 aromatic heterocycles. The monoisotopic (exact) mass is 247 g/mol. The van der Waals surface area contributed by atoms with Gasteiger partial charge in [-0.3, -0.25) is 5.10 Å². The summed E-state index contributed by atoms with van der Waals surface area (Å²) in [5.74, 6) is -0.542. The van der Waals surface area contributed by atoms with E-state index in [0.29, 0.717) is 28.4 Å². The van der Waals surface area contributed by atoms with Crippen LogP contribution in [0.4, 0.5) is 5.69 Å². The molecule has 0 aliphatic rings. The van der Waals surface area contributed by atoms with Crippen LogP contribution in [0.5, 0.6) is 5.75 Å². The van der Waals surface area contributed by atoms with Crippen LogP contribution in [0.2, 0.25) is 0 Å². The zero-order valence-electron chi connectivity index (χ0n) is 10.0. The maximum absolute atomic E-state index is 11.2. The SMILES string of the molecule is COc1cc(N)ccc1-c1n[nH]c(C)c1C(=O)O. The van der Waals surface area contributed by atoms with E-state index in [1.54, 1.807) is 25.1 Å². The molecule has 0 saturated carbocycles. The van der Waals surface area contributed by atoms with Crippen molar-refractivity contribution in [3.05, 3.63) is 29.5 Å². The number of benzene rings is 1. The second-order valence-electron chi connectivity index (χ2n) is 3.84. The predicted octanol–water partition coefficient (Wildman–Crippen LogP) is 1.67. The summed E-state index contributed by atoms with van der Waals surface area (Å²) in [5.41, 5.74) is 7.77. The summed E-state index contributed by atoms with van der Waals surface area (Å²) in [4.78, 5) is 11.2. The topological polar surface area (TPSA) is 101 Å². The zero-order chi connectivity index (χ0) is 13.3. The standard InChI is InChI=1S/C12H13N3O3/c1-6-10(12(16)17)11(15-14-6)8-4-3-7(13)5-9(8)18-2/h3-5H,13H2,1-2H3,(H,14,15)(H,16,17). The minimum absolute atomic E-state index is 0.137. The number of nitrogens with zero attached hydrogens (tertiary/aromatic N) is 1. The fraction of sp³-hybridized carbons (Fsp3) is 0.167. The molecule has 4 N–H and O–H groups in total. The number of nitrogens with two attached hydrogens (primary N) is 1. The fourth-order valence-electron chi connectivity index (χ4n) is 1.79. The van der Waals surface area contributed by atoms with Gasteiger partial charge in [-0.2, -0.15) is 5.10 Å². The number of aromatic carboxylic acids is 1. The number of aromatic amines is 1. The molecule has 6 heteroatoms. The average molecular weight is 247 g/mol. The van der Waals surface area contributed by atoms with Crippen LogP contribution in [0.25, 0.3) is 11.3 Å². The molecule has 6 nitrogen and oxygen atoms in total. The third kappa shape index (κ3) is 1.88. The maximum atomic E-state index is 11.2. The molecule has 0 atom stereocenters. The molecule has 2 aromatic rings. The molecule has 0 aliphatic carbocycles. The number of aryl methyl sites for hydroxylation is 1. The Morgan fingerprint density at radius 2 is 2.22 bits per heavy atom. The van der Waals surface area contributed by atoms with Gasteiger partial charge in [0, 0.05) is 23.0 Å². The lowest BCUT2D eigenvalue weighted by Crippen LogP contribution is -2.00. The highest BCUT2D eigenvalue weighted by Gasteiger charge is 2.21. The fourth-order valence-corrected chi connectivity index (χ4v) is 1.79. The third-order valence-electron chi connectivity index (χ3n) is 2.64. The second-order valence-corrected chi connectivity index (χ2v) is 3.84. The van der Waals surface area contributed by atoms with E-state index in [-0.39, 0.29) is 5.56 Å². The van der Waals surface area contributed by atoms with E-state index in [4.69, 9.17) is 10.5 Å². The summed E-state index contributed by atoms with van der Waals surface area (Å²) in [7, 11) is 1.50. The molecule has 1 heterocycles. The Morgan fingerprint density at radius 1 is 1.50 bits per heavy atom. The first kappa shape index (κ1) is 12.0. The van der Waals surface area contributed by atoms with Crippen molar-refractivity contribution in [2.75, 3.05) is 12.8 Å². The highest BCUT2D eigenvalue weighted by Crippen LogP contribution is 2.33. The molecule has 0 amide bonds. The summed E-state index contributed by atoms with van der Waals surface area (Å²) >= 11 is 0. The smallest absolute Gasteiger partial charge is 0.339 e. The number of ether oxygens (including phenoxy) is 1. The molecule has 94 valence electrons. The number of nitrogens with one attached hydrogen (secondary N) is 1. The van der Waals surface area contributed by atoms with Gasteiger partial charge in [-0.1, -0.05) is 0 Å². The van der Waals surface area contributed by atoms with E-state index in [9.17, 15) is 9.90 Å². The molecule has 0 fully saturated rings. The quantitative estimate of drug-likeness (QED) is 0.716. The number of carbonyl (C=O) groups is 1.